The fourth-order valence-corrected chi connectivity index (χ4v) is 5.06. The monoisotopic (exact) mass is 352 g/mol. The van der Waals surface area contributed by atoms with Crippen LogP contribution in [0.4, 0.5) is 5.13 Å². The highest BCUT2D eigenvalue weighted by Gasteiger charge is 2.46. The molecule has 0 bridgehead atoms. The van der Waals surface area contributed by atoms with Gasteiger partial charge in [0.15, 0.2) is 11.3 Å². The number of hydrogen-bond acceptors (Lipinski definition) is 5. The fourth-order valence-electron chi connectivity index (χ4n) is 3.64. The number of carbonyl (C=O) groups excluding carboxylic acids is 1. The molecular weight excluding hydrogens is 332 g/mol. The Morgan fingerprint density at radius 2 is 2.09 bits per heavy atom. The third-order valence-electron chi connectivity index (χ3n) is 5.02. The van der Waals surface area contributed by atoms with Crippen molar-refractivity contribution in [2.24, 2.45) is 5.41 Å². The maximum absolute atomic E-state index is 12.5. The standard InChI is InChI=1S/C16H21ClN4OS/c1-16(7-11(8-16)19-9-18)14(22)21-15-20-13(17)12(23-15)10-5-3-2-4-6-10/h10-11,19H,2-8H2,1H3,(H,20,21,22)/t11-,16-. The first kappa shape index (κ1) is 16.5. The first-order valence-corrected chi connectivity index (χ1v) is 9.33. The Balaban J connectivity index is 1.62. The van der Waals surface area contributed by atoms with Crippen molar-refractivity contribution >= 4 is 34.0 Å². The summed E-state index contributed by atoms with van der Waals surface area (Å²) >= 11 is 7.80. The van der Waals surface area contributed by atoms with Crippen LogP contribution in [0.5, 0.6) is 0 Å². The normalized spacial score (nSPS) is 27.8. The smallest absolute Gasteiger partial charge is 0.232 e. The molecule has 2 saturated carbocycles. The fraction of sp³-hybridized carbons (Fsp3) is 0.688. The van der Waals surface area contributed by atoms with Crippen molar-refractivity contribution < 1.29 is 4.79 Å². The topological polar surface area (TPSA) is 77.8 Å². The van der Waals surface area contributed by atoms with Gasteiger partial charge in [0.25, 0.3) is 0 Å². The van der Waals surface area contributed by atoms with E-state index in [-0.39, 0.29) is 11.9 Å². The van der Waals surface area contributed by atoms with Gasteiger partial charge in [-0.05, 0) is 31.6 Å². The number of carbonyl (C=O) groups is 1. The second-order valence-electron chi connectivity index (χ2n) is 6.89. The number of rotatable bonds is 4. The molecule has 0 aromatic carbocycles. The molecule has 0 atom stereocenters. The lowest BCUT2D eigenvalue weighted by molar-refractivity contribution is -0.130. The molecule has 124 valence electrons. The van der Waals surface area contributed by atoms with Crippen molar-refractivity contribution in [3.63, 3.8) is 0 Å². The first-order chi connectivity index (χ1) is 11.0. The van der Waals surface area contributed by atoms with E-state index in [9.17, 15) is 4.79 Å². The minimum absolute atomic E-state index is 0.0332. The summed E-state index contributed by atoms with van der Waals surface area (Å²) in [5, 5.41) is 15.4. The average molecular weight is 353 g/mol. The van der Waals surface area contributed by atoms with E-state index in [4.69, 9.17) is 16.9 Å². The van der Waals surface area contributed by atoms with Gasteiger partial charge in [0, 0.05) is 10.9 Å². The van der Waals surface area contributed by atoms with E-state index in [0.29, 0.717) is 29.0 Å². The summed E-state index contributed by atoms with van der Waals surface area (Å²) in [6.07, 6.45) is 9.37. The molecule has 23 heavy (non-hydrogen) atoms. The second kappa shape index (κ2) is 6.66. The third kappa shape index (κ3) is 3.46. The van der Waals surface area contributed by atoms with Gasteiger partial charge in [-0.1, -0.05) is 49.1 Å². The molecule has 0 unspecified atom stereocenters. The van der Waals surface area contributed by atoms with Crippen LogP contribution in [0.2, 0.25) is 5.15 Å². The summed E-state index contributed by atoms with van der Waals surface area (Å²) in [5.74, 6) is 0.456. The predicted molar refractivity (Wildman–Crippen MR) is 91.5 cm³/mol. The van der Waals surface area contributed by atoms with E-state index in [0.717, 1.165) is 17.7 Å². The molecule has 1 amide bonds. The Bertz CT molecular complexity index is 627. The van der Waals surface area contributed by atoms with Crippen LogP contribution in [0.25, 0.3) is 0 Å². The van der Waals surface area contributed by atoms with Crippen LogP contribution in [-0.4, -0.2) is 16.9 Å². The highest BCUT2D eigenvalue weighted by molar-refractivity contribution is 7.16. The Labute approximate surface area is 145 Å². The van der Waals surface area contributed by atoms with Gasteiger partial charge < -0.3 is 10.6 Å². The quantitative estimate of drug-likeness (QED) is 0.633. The molecular formula is C16H21ClN4OS. The molecule has 2 aliphatic rings. The maximum Gasteiger partial charge on any atom is 0.232 e. The SMILES string of the molecule is C[C@]1(C(=O)Nc2nc(Cl)c(C3CCCCC3)s2)C[C@H](NC#N)C1. The summed E-state index contributed by atoms with van der Waals surface area (Å²) in [5.41, 5.74) is -0.433. The number of nitriles is 1. The van der Waals surface area contributed by atoms with Crippen molar-refractivity contribution in [1.29, 1.82) is 5.26 Å². The minimum atomic E-state index is -0.433. The number of halogens is 1. The van der Waals surface area contributed by atoms with Gasteiger partial charge in [-0.25, -0.2) is 4.98 Å². The molecule has 0 spiro atoms. The zero-order valence-corrected chi connectivity index (χ0v) is 14.8. The van der Waals surface area contributed by atoms with Crippen LogP contribution < -0.4 is 10.6 Å². The van der Waals surface area contributed by atoms with E-state index < -0.39 is 5.41 Å². The lowest BCUT2D eigenvalue weighted by Gasteiger charge is -2.42. The van der Waals surface area contributed by atoms with Crippen LogP contribution in [-0.2, 0) is 4.79 Å². The summed E-state index contributed by atoms with van der Waals surface area (Å²) < 4.78 is 0. The Hall–Kier alpha value is -1.32. The summed E-state index contributed by atoms with van der Waals surface area (Å²) in [6, 6.07) is 0.105. The highest BCUT2D eigenvalue weighted by Crippen LogP contribution is 2.44. The molecule has 7 heteroatoms. The second-order valence-corrected chi connectivity index (χ2v) is 8.27. The van der Waals surface area contributed by atoms with Gasteiger partial charge in [-0.2, -0.15) is 5.26 Å². The van der Waals surface area contributed by atoms with Gasteiger partial charge in [-0.15, -0.1) is 0 Å². The zero-order chi connectivity index (χ0) is 16.4. The molecule has 2 aliphatic carbocycles. The number of thiazole rings is 1. The molecule has 0 radical (unpaired) electrons. The summed E-state index contributed by atoms with van der Waals surface area (Å²) in [6.45, 7) is 1.93. The Morgan fingerprint density at radius 3 is 2.74 bits per heavy atom. The highest BCUT2D eigenvalue weighted by atomic mass is 35.5. The molecule has 1 aromatic heterocycles. The van der Waals surface area contributed by atoms with E-state index in [2.05, 4.69) is 15.6 Å². The number of aromatic nitrogens is 1. The molecule has 5 nitrogen and oxygen atoms in total. The maximum atomic E-state index is 12.5. The number of anilines is 1. The van der Waals surface area contributed by atoms with Crippen LogP contribution in [0, 0.1) is 16.9 Å². The summed E-state index contributed by atoms with van der Waals surface area (Å²) in [4.78, 5) is 17.9. The molecule has 0 aliphatic heterocycles. The lowest BCUT2D eigenvalue weighted by Crippen LogP contribution is -2.52. The first-order valence-electron chi connectivity index (χ1n) is 8.14. The van der Waals surface area contributed by atoms with Gasteiger partial charge in [-0.3, -0.25) is 4.79 Å². The van der Waals surface area contributed by atoms with Gasteiger partial charge >= 0.3 is 0 Å². The van der Waals surface area contributed by atoms with E-state index in [1.807, 2.05) is 13.1 Å². The molecule has 2 fully saturated rings. The van der Waals surface area contributed by atoms with Gasteiger partial charge in [0.1, 0.15) is 5.15 Å². The van der Waals surface area contributed by atoms with Gasteiger partial charge in [0.05, 0.1) is 5.41 Å². The van der Waals surface area contributed by atoms with Crippen LogP contribution >= 0.6 is 22.9 Å². The van der Waals surface area contributed by atoms with Gasteiger partial charge in [0.2, 0.25) is 5.91 Å². The van der Waals surface area contributed by atoms with Crippen molar-refractivity contribution in [3.05, 3.63) is 10.0 Å². The third-order valence-corrected chi connectivity index (χ3v) is 6.55. The van der Waals surface area contributed by atoms with E-state index in [1.165, 1.54) is 30.6 Å². The largest absolute Gasteiger partial charge is 0.321 e. The van der Waals surface area contributed by atoms with Crippen molar-refractivity contribution in [2.75, 3.05) is 5.32 Å². The van der Waals surface area contributed by atoms with E-state index in [1.54, 1.807) is 0 Å². The number of nitrogens with zero attached hydrogens (tertiary/aromatic N) is 2. The van der Waals surface area contributed by atoms with Crippen molar-refractivity contribution in [2.45, 2.75) is 63.8 Å². The predicted octanol–water partition coefficient (Wildman–Crippen LogP) is 4.02. The number of amides is 1. The average Bonchev–Trinajstić information content (AvgIpc) is 2.87. The number of nitrogens with one attached hydrogen (secondary N) is 2. The molecule has 3 rings (SSSR count). The molecule has 1 heterocycles. The number of hydrogen-bond donors (Lipinski definition) is 2. The van der Waals surface area contributed by atoms with Crippen molar-refractivity contribution in [3.8, 4) is 6.19 Å². The zero-order valence-electron chi connectivity index (χ0n) is 13.2. The minimum Gasteiger partial charge on any atom is -0.321 e. The Kier molecular flexibility index (Phi) is 4.79. The van der Waals surface area contributed by atoms with E-state index >= 15 is 0 Å². The van der Waals surface area contributed by atoms with Crippen LogP contribution in [0.15, 0.2) is 0 Å². The molecule has 2 N–H and O–H groups in total. The molecule has 1 aromatic rings. The Morgan fingerprint density at radius 1 is 1.39 bits per heavy atom. The van der Waals surface area contributed by atoms with Crippen LogP contribution in [0.3, 0.4) is 0 Å². The summed E-state index contributed by atoms with van der Waals surface area (Å²) in [7, 11) is 0. The lowest BCUT2D eigenvalue weighted by atomic mass is 9.66. The van der Waals surface area contributed by atoms with Crippen LogP contribution in [0.1, 0.15) is 62.7 Å². The van der Waals surface area contributed by atoms with Crippen molar-refractivity contribution in [1.82, 2.24) is 10.3 Å². The molecule has 0 saturated heterocycles.